The summed E-state index contributed by atoms with van der Waals surface area (Å²) in [5.41, 5.74) is 0. The lowest BCUT2D eigenvalue weighted by molar-refractivity contribution is -0.899. The van der Waals surface area contributed by atoms with E-state index in [1.807, 2.05) is 7.05 Å². The van der Waals surface area contributed by atoms with Gasteiger partial charge in [0.2, 0.25) is 0 Å². The number of likely N-dealkylation sites (N-methyl/N-ethyl adjacent to an activating group) is 2. The van der Waals surface area contributed by atoms with Crippen LogP contribution in [-0.4, -0.2) is 56.6 Å². The molecule has 1 aliphatic heterocycles. The summed E-state index contributed by atoms with van der Waals surface area (Å²) in [6, 6.07) is -0.275. The molecule has 0 aromatic rings. The van der Waals surface area contributed by atoms with Crippen LogP contribution in [0.3, 0.4) is 0 Å². The van der Waals surface area contributed by atoms with Crippen molar-refractivity contribution in [1.29, 1.82) is 0 Å². The monoisotopic (exact) mass is 215 g/mol. The molecule has 1 fully saturated rings. The quantitative estimate of drug-likeness (QED) is 0.571. The van der Waals surface area contributed by atoms with Crippen LogP contribution in [0.2, 0.25) is 0 Å². The Morgan fingerprint density at radius 1 is 1.67 bits per heavy atom. The molecule has 5 heteroatoms. The number of rotatable bonds is 3. The molecule has 0 aliphatic carbocycles. The van der Waals surface area contributed by atoms with Gasteiger partial charge in [-0.25, -0.2) is 0 Å². The minimum atomic E-state index is -0.287. The third kappa shape index (κ3) is 2.92. The van der Waals surface area contributed by atoms with Crippen molar-refractivity contribution in [1.82, 2.24) is 4.90 Å². The second-order valence-corrected chi connectivity index (χ2v) is 3.92. The largest absolute Gasteiger partial charge is 0.466 e. The minimum Gasteiger partial charge on any atom is -0.466 e. The molecule has 0 aromatic carbocycles. The van der Waals surface area contributed by atoms with E-state index in [4.69, 9.17) is 4.74 Å². The van der Waals surface area contributed by atoms with Crippen molar-refractivity contribution in [2.24, 2.45) is 0 Å². The summed E-state index contributed by atoms with van der Waals surface area (Å²) >= 11 is 0. The Hall–Kier alpha value is -1.10. The van der Waals surface area contributed by atoms with Crippen molar-refractivity contribution >= 4 is 11.9 Å². The zero-order valence-corrected chi connectivity index (χ0v) is 9.58. The maximum atomic E-state index is 11.8. The SMILES string of the molecule is CCOC(=O)C[C@H]1C(=O)N(C)CC[NH+]1C. The first-order valence-electron chi connectivity index (χ1n) is 5.29. The number of piperazine rings is 1. The molecule has 15 heavy (non-hydrogen) atoms. The summed E-state index contributed by atoms with van der Waals surface area (Å²) in [6.07, 6.45) is 0.183. The first-order chi connectivity index (χ1) is 7.06. The van der Waals surface area contributed by atoms with Crippen molar-refractivity contribution in [2.45, 2.75) is 19.4 Å². The van der Waals surface area contributed by atoms with Crippen LogP contribution in [0.1, 0.15) is 13.3 Å². The highest BCUT2D eigenvalue weighted by molar-refractivity contribution is 5.85. The van der Waals surface area contributed by atoms with E-state index in [2.05, 4.69) is 0 Å². The number of amides is 1. The fourth-order valence-corrected chi connectivity index (χ4v) is 1.75. The van der Waals surface area contributed by atoms with Crippen LogP contribution in [0, 0.1) is 0 Å². The fraction of sp³-hybridized carbons (Fsp3) is 0.800. The molecule has 0 aromatic heterocycles. The molecule has 1 amide bonds. The summed E-state index contributed by atoms with van der Waals surface area (Å²) in [6.45, 7) is 3.77. The van der Waals surface area contributed by atoms with Crippen molar-refractivity contribution in [3.8, 4) is 0 Å². The summed E-state index contributed by atoms with van der Waals surface area (Å²) in [5, 5.41) is 0. The molecule has 1 heterocycles. The highest BCUT2D eigenvalue weighted by Crippen LogP contribution is 2.00. The molecule has 1 N–H and O–H groups in total. The van der Waals surface area contributed by atoms with Gasteiger partial charge >= 0.3 is 5.97 Å². The van der Waals surface area contributed by atoms with Crippen molar-refractivity contribution < 1.29 is 19.2 Å². The number of esters is 1. The van der Waals surface area contributed by atoms with Gasteiger partial charge in [-0.15, -0.1) is 0 Å². The van der Waals surface area contributed by atoms with E-state index >= 15 is 0 Å². The van der Waals surface area contributed by atoms with Crippen molar-refractivity contribution in [3.05, 3.63) is 0 Å². The Kier molecular flexibility index (Phi) is 4.08. The number of carbonyl (C=O) groups excluding carboxylic acids is 2. The number of ether oxygens (including phenoxy) is 1. The van der Waals surface area contributed by atoms with E-state index in [0.717, 1.165) is 18.0 Å². The highest BCUT2D eigenvalue weighted by atomic mass is 16.5. The number of hydrogen-bond acceptors (Lipinski definition) is 3. The Morgan fingerprint density at radius 2 is 2.33 bits per heavy atom. The van der Waals surface area contributed by atoms with Crippen LogP contribution in [0.25, 0.3) is 0 Å². The van der Waals surface area contributed by atoms with Crippen LogP contribution >= 0.6 is 0 Å². The molecule has 0 saturated carbocycles. The maximum absolute atomic E-state index is 11.8. The zero-order chi connectivity index (χ0) is 11.4. The third-order valence-electron chi connectivity index (χ3n) is 2.79. The van der Waals surface area contributed by atoms with E-state index in [-0.39, 0.29) is 24.3 Å². The number of carbonyl (C=O) groups is 2. The normalized spacial score (nSPS) is 26.6. The summed E-state index contributed by atoms with van der Waals surface area (Å²) in [5.74, 6) is -0.252. The first kappa shape index (κ1) is 12.0. The first-order valence-corrected chi connectivity index (χ1v) is 5.29. The topological polar surface area (TPSA) is 51.1 Å². The molecule has 2 atom stereocenters. The molecule has 1 saturated heterocycles. The molecule has 0 spiro atoms. The average Bonchev–Trinajstić information content (AvgIpc) is 2.19. The Bertz CT molecular complexity index is 255. The molecule has 86 valence electrons. The lowest BCUT2D eigenvalue weighted by Gasteiger charge is -2.33. The van der Waals surface area contributed by atoms with Crippen LogP contribution in [0.4, 0.5) is 0 Å². The van der Waals surface area contributed by atoms with Crippen molar-refractivity contribution in [3.63, 3.8) is 0 Å². The molecule has 1 unspecified atom stereocenters. The van der Waals surface area contributed by atoms with Crippen LogP contribution in [0.5, 0.6) is 0 Å². The second kappa shape index (κ2) is 5.11. The standard InChI is InChI=1S/C10H18N2O3/c1-4-15-9(13)7-8-10(14)12(3)6-5-11(8)2/h8H,4-7H2,1-3H3/p+1/t8-/m0/s1. The molecular weight excluding hydrogens is 196 g/mol. The Labute approximate surface area is 90.0 Å². The van der Waals surface area contributed by atoms with Gasteiger partial charge in [0.05, 0.1) is 26.7 Å². The average molecular weight is 215 g/mol. The smallest absolute Gasteiger partial charge is 0.312 e. The molecule has 5 nitrogen and oxygen atoms in total. The Balaban J connectivity index is 2.57. The number of quaternary nitrogens is 1. The second-order valence-electron chi connectivity index (χ2n) is 3.92. The van der Waals surface area contributed by atoms with E-state index < -0.39 is 0 Å². The van der Waals surface area contributed by atoms with E-state index in [1.54, 1.807) is 18.9 Å². The summed E-state index contributed by atoms with van der Waals surface area (Å²) in [4.78, 5) is 25.8. The maximum Gasteiger partial charge on any atom is 0.312 e. The lowest BCUT2D eigenvalue weighted by atomic mass is 10.1. The third-order valence-corrected chi connectivity index (χ3v) is 2.79. The molecular formula is C10H19N2O3+. The predicted octanol–water partition coefficient (Wildman–Crippen LogP) is -1.71. The zero-order valence-electron chi connectivity index (χ0n) is 9.58. The Morgan fingerprint density at radius 3 is 2.93 bits per heavy atom. The fourth-order valence-electron chi connectivity index (χ4n) is 1.75. The van der Waals surface area contributed by atoms with Crippen LogP contribution in [-0.2, 0) is 14.3 Å². The minimum absolute atomic E-state index is 0.0341. The summed E-state index contributed by atoms with van der Waals surface area (Å²) < 4.78 is 4.85. The van der Waals surface area contributed by atoms with E-state index in [9.17, 15) is 9.59 Å². The van der Waals surface area contributed by atoms with Gasteiger partial charge in [-0.2, -0.15) is 0 Å². The summed E-state index contributed by atoms with van der Waals surface area (Å²) in [7, 11) is 3.71. The van der Waals surface area contributed by atoms with Gasteiger partial charge in [0.15, 0.2) is 6.04 Å². The van der Waals surface area contributed by atoms with Gasteiger partial charge in [-0.05, 0) is 6.92 Å². The van der Waals surface area contributed by atoms with E-state index in [0.29, 0.717) is 6.61 Å². The molecule has 1 aliphatic rings. The van der Waals surface area contributed by atoms with Crippen LogP contribution < -0.4 is 4.90 Å². The molecule has 0 radical (unpaired) electrons. The van der Waals surface area contributed by atoms with Crippen LogP contribution in [0.15, 0.2) is 0 Å². The van der Waals surface area contributed by atoms with Crippen molar-refractivity contribution in [2.75, 3.05) is 33.8 Å². The predicted molar refractivity (Wildman–Crippen MR) is 54.4 cm³/mol. The van der Waals surface area contributed by atoms with E-state index in [1.165, 1.54) is 0 Å². The van der Waals surface area contributed by atoms with Gasteiger partial charge in [0.25, 0.3) is 5.91 Å². The lowest BCUT2D eigenvalue weighted by Crippen LogP contribution is -3.16. The number of nitrogens with zero attached hydrogens (tertiary/aromatic N) is 1. The highest BCUT2D eigenvalue weighted by Gasteiger charge is 2.36. The van der Waals surface area contributed by atoms with Gasteiger partial charge in [-0.1, -0.05) is 0 Å². The van der Waals surface area contributed by atoms with Gasteiger partial charge in [0, 0.05) is 7.05 Å². The number of hydrogen-bond donors (Lipinski definition) is 1. The molecule has 1 rings (SSSR count). The van der Waals surface area contributed by atoms with Gasteiger partial charge in [-0.3, -0.25) is 9.59 Å². The molecule has 0 bridgehead atoms. The van der Waals surface area contributed by atoms with Gasteiger partial charge < -0.3 is 14.5 Å². The van der Waals surface area contributed by atoms with Gasteiger partial charge in [0.1, 0.15) is 6.42 Å². The number of nitrogens with one attached hydrogen (secondary N) is 1.